The Morgan fingerprint density at radius 3 is 2.53 bits per heavy atom. The van der Waals surface area contributed by atoms with Crippen molar-refractivity contribution in [3.05, 3.63) is 96.3 Å². The van der Waals surface area contributed by atoms with Gasteiger partial charge in [0.25, 0.3) is 0 Å². The van der Waals surface area contributed by atoms with E-state index in [2.05, 4.69) is 51.6 Å². The van der Waals surface area contributed by atoms with Crippen LogP contribution in [0.1, 0.15) is 17.5 Å². The van der Waals surface area contributed by atoms with Crippen molar-refractivity contribution < 1.29 is 0 Å². The first-order chi connectivity index (χ1) is 14.9. The van der Waals surface area contributed by atoms with Gasteiger partial charge < -0.3 is 10.2 Å². The second-order valence-corrected chi connectivity index (χ2v) is 7.40. The number of hydrogen-bond donors (Lipinski definition) is 1. The number of nitrogens with one attached hydrogen (secondary N) is 1. The summed E-state index contributed by atoms with van der Waals surface area (Å²) in [6.45, 7) is 1.60. The van der Waals surface area contributed by atoms with E-state index in [0.717, 1.165) is 48.0 Å². The Morgan fingerprint density at radius 1 is 0.867 bits per heavy atom. The van der Waals surface area contributed by atoms with Gasteiger partial charge in [0.2, 0.25) is 5.95 Å². The van der Waals surface area contributed by atoms with Crippen molar-refractivity contribution in [2.24, 2.45) is 0 Å². The van der Waals surface area contributed by atoms with Crippen LogP contribution in [0.25, 0.3) is 11.3 Å². The molecule has 4 aromatic rings. The number of nitrogens with zero attached hydrogens (tertiary/aromatic N) is 4. The normalized spacial score (nSPS) is 13.0. The Balaban J connectivity index is 1.53. The van der Waals surface area contributed by atoms with Gasteiger partial charge in [0, 0.05) is 42.8 Å². The van der Waals surface area contributed by atoms with Crippen LogP contribution >= 0.6 is 0 Å². The Hall–Kier alpha value is -3.73. The van der Waals surface area contributed by atoms with Crippen LogP contribution in [0, 0.1) is 0 Å². The summed E-state index contributed by atoms with van der Waals surface area (Å²) in [6, 6.07) is 24.9. The molecule has 5 rings (SSSR count). The summed E-state index contributed by atoms with van der Waals surface area (Å²) in [5.41, 5.74) is 5.71. The lowest BCUT2D eigenvalue weighted by atomic mass is 10.0. The first-order valence-electron chi connectivity index (χ1n) is 10.3. The molecule has 0 saturated heterocycles. The van der Waals surface area contributed by atoms with Crippen LogP contribution in [0.4, 0.5) is 17.5 Å². The molecular formula is C25H23N5. The van der Waals surface area contributed by atoms with Gasteiger partial charge in [0.05, 0.1) is 5.69 Å². The van der Waals surface area contributed by atoms with E-state index in [1.54, 1.807) is 0 Å². The number of benzene rings is 2. The van der Waals surface area contributed by atoms with E-state index in [1.807, 2.05) is 48.8 Å². The summed E-state index contributed by atoms with van der Waals surface area (Å²) in [5, 5.41) is 3.47. The van der Waals surface area contributed by atoms with E-state index in [9.17, 15) is 0 Å². The van der Waals surface area contributed by atoms with Crippen LogP contribution in [0.3, 0.4) is 0 Å². The van der Waals surface area contributed by atoms with Crippen LogP contribution in [-0.4, -0.2) is 21.5 Å². The number of fused-ring (bicyclic) bond motifs is 1. The molecule has 0 spiro atoms. The minimum absolute atomic E-state index is 0.684. The molecule has 0 radical (unpaired) electrons. The van der Waals surface area contributed by atoms with Crippen LogP contribution in [0.15, 0.2) is 85.2 Å². The van der Waals surface area contributed by atoms with E-state index in [4.69, 9.17) is 9.97 Å². The maximum Gasteiger partial charge on any atom is 0.232 e. The second-order valence-electron chi connectivity index (χ2n) is 7.40. The lowest BCUT2D eigenvalue weighted by Gasteiger charge is -2.30. The van der Waals surface area contributed by atoms with E-state index < -0.39 is 0 Å². The van der Waals surface area contributed by atoms with Gasteiger partial charge in [-0.05, 0) is 42.2 Å². The molecule has 0 bridgehead atoms. The van der Waals surface area contributed by atoms with Gasteiger partial charge in [-0.1, -0.05) is 48.5 Å². The fourth-order valence-electron chi connectivity index (χ4n) is 3.84. The maximum atomic E-state index is 4.95. The Bertz CT molecular complexity index is 1130. The molecule has 1 aliphatic heterocycles. The van der Waals surface area contributed by atoms with Gasteiger partial charge in [0.1, 0.15) is 5.82 Å². The van der Waals surface area contributed by atoms with Crippen molar-refractivity contribution in [3.8, 4) is 11.3 Å². The van der Waals surface area contributed by atoms with E-state index in [1.165, 1.54) is 11.3 Å². The van der Waals surface area contributed by atoms with Crippen LogP contribution in [0.2, 0.25) is 0 Å². The average molecular weight is 393 g/mol. The molecule has 0 saturated carbocycles. The number of rotatable bonds is 5. The van der Waals surface area contributed by atoms with Gasteiger partial charge in [-0.25, -0.2) is 4.98 Å². The van der Waals surface area contributed by atoms with E-state index in [0.29, 0.717) is 6.54 Å². The molecule has 2 aromatic heterocycles. The minimum Gasteiger partial charge on any atom is -0.366 e. The molecule has 0 aliphatic carbocycles. The predicted molar refractivity (Wildman–Crippen MR) is 121 cm³/mol. The standard InChI is InChI=1S/C25H23N5/c1-2-7-20(8-3-1)22-17-24(27-18-19-12-14-26-15-13-19)29-25(28-22)30-16-6-10-21-9-4-5-11-23(21)30/h1-5,7-9,11-15,17H,6,10,16,18H2,(H,27,28,29). The molecule has 5 heteroatoms. The summed E-state index contributed by atoms with van der Waals surface area (Å²) in [6.07, 6.45) is 5.80. The molecule has 148 valence electrons. The topological polar surface area (TPSA) is 53.9 Å². The third kappa shape index (κ3) is 3.87. The average Bonchev–Trinajstić information content (AvgIpc) is 2.83. The fraction of sp³-hybridized carbons (Fsp3) is 0.160. The quantitative estimate of drug-likeness (QED) is 0.503. The summed E-state index contributed by atoms with van der Waals surface area (Å²) in [7, 11) is 0. The molecule has 0 atom stereocenters. The van der Waals surface area contributed by atoms with E-state index >= 15 is 0 Å². The Morgan fingerprint density at radius 2 is 1.67 bits per heavy atom. The molecule has 0 fully saturated rings. The second kappa shape index (κ2) is 8.33. The zero-order valence-corrected chi connectivity index (χ0v) is 16.7. The smallest absolute Gasteiger partial charge is 0.232 e. The first kappa shape index (κ1) is 18.3. The molecular weight excluding hydrogens is 370 g/mol. The van der Waals surface area contributed by atoms with Crippen molar-refractivity contribution in [2.75, 3.05) is 16.8 Å². The third-order valence-electron chi connectivity index (χ3n) is 5.36. The first-order valence-corrected chi connectivity index (χ1v) is 10.3. The van der Waals surface area contributed by atoms with Crippen LogP contribution in [0.5, 0.6) is 0 Å². The highest BCUT2D eigenvalue weighted by molar-refractivity contribution is 5.69. The van der Waals surface area contributed by atoms with Crippen molar-refractivity contribution in [2.45, 2.75) is 19.4 Å². The van der Waals surface area contributed by atoms with Crippen LogP contribution in [-0.2, 0) is 13.0 Å². The van der Waals surface area contributed by atoms with Crippen molar-refractivity contribution >= 4 is 17.5 Å². The van der Waals surface area contributed by atoms with E-state index in [-0.39, 0.29) is 0 Å². The summed E-state index contributed by atoms with van der Waals surface area (Å²) in [5.74, 6) is 1.56. The van der Waals surface area contributed by atoms with Gasteiger partial charge in [0.15, 0.2) is 0 Å². The SMILES string of the molecule is c1ccc(-c2cc(NCc3ccncc3)nc(N3CCCc4ccccc43)n2)cc1. The third-order valence-corrected chi connectivity index (χ3v) is 5.36. The molecule has 1 N–H and O–H groups in total. The monoisotopic (exact) mass is 393 g/mol. The van der Waals surface area contributed by atoms with Gasteiger partial charge in [-0.15, -0.1) is 0 Å². The minimum atomic E-state index is 0.684. The molecule has 0 amide bonds. The van der Waals surface area contributed by atoms with Gasteiger partial charge in [-0.2, -0.15) is 4.98 Å². The lowest BCUT2D eigenvalue weighted by molar-refractivity contribution is 0.751. The molecule has 3 heterocycles. The Labute approximate surface area is 176 Å². The van der Waals surface area contributed by atoms with Crippen molar-refractivity contribution in [1.29, 1.82) is 0 Å². The zero-order valence-electron chi connectivity index (χ0n) is 16.7. The number of hydrogen-bond acceptors (Lipinski definition) is 5. The number of pyridine rings is 1. The summed E-state index contributed by atoms with van der Waals surface area (Å²) >= 11 is 0. The number of aromatic nitrogens is 3. The van der Waals surface area contributed by atoms with Crippen LogP contribution < -0.4 is 10.2 Å². The molecule has 1 aliphatic rings. The zero-order chi connectivity index (χ0) is 20.2. The largest absolute Gasteiger partial charge is 0.366 e. The predicted octanol–water partition coefficient (Wildman–Crippen LogP) is 5.24. The fourth-order valence-corrected chi connectivity index (χ4v) is 3.84. The maximum absolute atomic E-state index is 4.95. The number of anilines is 3. The Kier molecular flexibility index (Phi) is 5.08. The highest BCUT2D eigenvalue weighted by Crippen LogP contribution is 2.33. The highest BCUT2D eigenvalue weighted by atomic mass is 15.3. The highest BCUT2D eigenvalue weighted by Gasteiger charge is 2.21. The number of aryl methyl sites for hydroxylation is 1. The van der Waals surface area contributed by atoms with Crippen molar-refractivity contribution in [1.82, 2.24) is 15.0 Å². The summed E-state index contributed by atoms with van der Waals surface area (Å²) in [4.78, 5) is 16.2. The lowest BCUT2D eigenvalue weighted by Crippen LogP contribution is -2.26. The molecule has 2 aromatic carbocycles. The summed E-state index contributed by atoms with van der Waals surface area (Å²) < 4.78 is 0. The molecule has 0 unspecified atom stereocenters. The molecule has 30 heavy (non-hydrogen) atoms. The van der Waals surface area contributed by atoms with Gasteiger partial charge in [-0.3, -0.25) is 4.98 Å². The van der Waals surface area contributed by atoms with Gasteiger partial charge >= 0.3 is 0 Å². The number of para-hydroxylation sites is 1. The molecule has 5 nitrogen and oxygen atoms in total. The van der Waals surface area contributed by atoms with Crippen molar-refractivity contribution in [3.63, 3.8) is 0 Å².